The molecular weight excluding hydrogens is 700 g/mol. The minimum atomic E-state index is -1.61. The van der Waals surface area contributed by atoms with Crippen molar-refractivity contribution in [3.63, 3.8) is 0 Å². The first-order valence-electron chi connectivity index (χ1n) is 18.0. The lowest BCUT2D eigenvalue weighted by molar-refractivity contribution is -0.204. The molecular formula is C31H58N12O10. The Balaban J connectivity index is 1.41. The number of carbonyl (C=O) groups is 5. The highest BCUT2D eigenvalue weighted by atomic mass is 16.6. The van der Waals surface area contributed by atoms with E-state index in [4.69, 9.17) is 38.1 Å². The van der Waals surface area contributed by atoms with Crippen LogP contribution in [-0.4, -0.2) is 151 Å². The van der Waals surface area contributed by atoms with Crippen LogP contribution in [0.15, 0.2) is 4.99 Å². The van der Waals surface area contributed by atoms with Crippen LogP contribution < -0.4 is 60.6 Å². The van der Waals surface area contributed by atoms with Crippen molar-refractivity contribution < 1.29 is 48.8 Å². The van der Waals surface area contributed by atoms with Gasteiger partial charge in [0.15, 0.2) is 6.10 Å². The van der Waals surface area contributed by atoms with E-state index in [-0.39, 0.29) is 37.1 Å². The second-order valence-electron chi connectivity index (χ2n) is 13.6. The summed E-state index contributed by atoms with van der Waals surface area (Å²) in [6, 6.07) is -4.13. The van der Waals surface area contributed by atoms with Gasteiger partial charge in [0, 0.05) is 56.7 Å². The van der Waals surface area contributed by atoms with Crippen molar-refractivity contribution in [3.05, 3.63) is 0 Å². The average molecular weight is 759 g/mol. The van der Waals surface area contributed by atoms with E-state index in [1.165, 1.54) is 0 Å². The van der Waals surface area contributed by atoms with E-state index in [1.54, 1.807) is 0 Å². The maximum Gasteiger partial charge on any atom is 0.404 e. The van der Waals surface area contributed by atoms with Crippen molar-refractivity contribution in [2.45, 2.75) is 131 Å². The van der Waals surface area contributed by atoms with E-state index in [0.717, 1.165) is 12.6 Å². The zero-order chi connectivity index (χ0) is 39.1. The zero-order valence-corrected chi connectivity index (χ0v) is 29.7. The van der Waals surface area contributed by atoms with Crippen LogP contribution in [-0.2, 0) is 28.7 Å². The third-order valence-electron chi connectivity index (χ3n) is 9.13. The molecule has 302 valence electrons. The molecule has 0 spiro atoms. The van der Waals surface area contributed by atoms with Gasteiger partial charge in [-0.05, 0) is 45.1 Å². The number of aliphatic hydroxyl groups excluding tert-OH is 3. The molecule has 0 radical (unpaired) electrons. The van der Waals surface area contributed by atoms with E-state index >= 15 is 0 Å². The quantitative estimate of drug-likeness (QED) is 0.0456. The van der Waals surface area contributed by atoms with Crippen LogP contribution in [0, 0.1) is 0 Å². The fourth-order valence-electron chi connectivity index (χ4n) is 6.38. The average Bonchev–Trinajstić information content (AvgIpc) is 3.53. The fourth-order valence-corrected chi connectivity index (χ4v) is 6.38. The maximum atomic E-state index is 13.1. The summed E-state index contributed by atoms with van der Waals surface area (Å²) in [6.45, 7) is 0.564. The van der Waals surface area contributed by atoms with E-state index in [9.17, 15) is 39.3 Å². The minimum Gasteiger partial charge on any atom is -0.441 e. The van der Waals surface area contributed by atoms with Crippen LogP contribution in [0.25, 0.3) is 0 Å². The second-order valence-corrected chi connectivity index (χ2v) is 13.6. The number of amides is 5. The third kappa shape index (κ3) is 14.4. The molecule has 3 rings (SSSR count). The van der Waals surface area contributed by atoms with Crippen molar-refractivity contribution in [3.8, 4) is 0 Å². The Labute approximate surface area is 307 Å². The first-order valence-corrected chi connectivity index (χ1v) is 18.0. The van der Waals surface area contributed by atoms with Crippen molar-refractivity contribution >= 4 is 35.9 Å². The lowest BCUT2D eigenvalue weighted by Crippen LogP contribution is -2.71. The first kappa shape index (κ1) is 44.0. The summed E-state index contributed by atoms with van der Waals surface area (Å²) in [5.74, 6) is -1.48. The van der Waals surface area contributed by atoms with Crippen molar-refractivity contribution in [2.75, 3.05) is 26.2 Å². The van der Waals surface area contributed by atoms with E-state index in [1.807, 2.05) is 0 Å². The van der Waals surface area contributed by atoms with Gasteiger partial charge in [0.05, 0.1) is 18.7 Å². The third-order valence-corrected chi connectivity index (χ3v) is 9.13. The Morgan fingerprint density at radius 1 is 0.906 bits per heavy atom. The monoisotopic (exact) mass is 758 g/mol. The summed E-state index contributed by atoms with van der Waals surface area (Å²) in [5, 5.41) is 48.4. The summed E-state index contributed by atoms with van der Waals surface area (Å²) >= 11 is 0. The molecule has 22 heteroatoms. The molecule has 5 amide bonds. The molecule has 19 N–H and O–H groups in total. The highest BCUT2D eigenvalue weighted by Gasteiger charge is 2.50. The lowest BCUT2D eigenvalue weighted by atomic mass is 9.95. The molecule has 0 aliphatic carbocycles. The van der Waals surface area contributed by atoms with E-state index < -0.39 is 91.7 Å². The Morgan fingerprint density at radius 2 is 1.47 bits per heavy atom. The number of carbonyl (C=O) groups excluding carboxylic acids is 5. The lowest BCUT2D eigenvalue weighted by Gasteiger charge is -2.44. The standard InChI is InChI=1S/C31H58N12O10/c32-7-1-4-15(33)10-20(46)37-8-2-5-16(34)11-21(47)38-9-3-6-17(35)12-22(48)40-25-26(49)27(53-30(36)51)19(14-44)52-29(25)43-31-41-23-18(45)13-39-28(50)24(23)42-31/h13,15-19,23-27,29,31,41-45,49H,1-12,14,32-35H2,(H2,36,51)(H,37,46)(H,38,47)(H,40,48)/t15?,16?,17?,18-,19-,23+,24-,25-,26+,27+,29-,31-/m1/s1. The first-order chi connectivity index (χ1) is 25.2. The largest absolute Gasteiger partial charge is 0.441 e. The van der Waals surface area contributed by atoms with Crippen molar-refractivity contribution in [1.82, 2.24) is 31.9 Å². The molecule has 3 heterocycles. The summed E-state index contributed by atoms with van der Waals surface area (Å²) in [5.41, 5.74) is 28.8. The topological polar surface area (TPSA) is 379 Å². The van der Waals surface area contributed by atoms with Crippen molar-refractivity contribution in [2.24, 2.45) is 33.7 Å². The molecule has 0 aromatic carbocycles. The van der Waals surface area contributed by atoms with Gasteiger partial charge in [-0.1, -0.05) is 0 Å². The number of ether oxygens (including phenoxy) is 2. The normalized spacial score (nSPS) is 29.8. The van der Waals surface area contributed by atoms with Gasteiger partial charge in [-0.25, -0.2) is 9.79 Å². The highest BCUT2D eigenvalue weighted by molar-refractivity contribution is 5.94. The number of aliphatic hydroxyl groups is 3. The predicted molar refractivity (Wildman–Crippen MR) is 189 cm³/mol. The number of hydrogen-bond acceptors (Lipinski definition) is 17. The number of nitrogens with one attached hydrogen (secondary N) is 6. The highest BCUT2D eigenvalue weighted by Crippen LogP contribution is 2.24. The minimum absolute atomic E-state index is 0.100. The number of primary amides is 1. The molecule has 0 aromatic rings. The van der Waals surface area contributed by atoms with Gasteiger partial charge in [-0.2, -0.15) is 0 Å². The number of nitrogens with two attached hydrogens (primary N) is 5. The summed E-state index contributed by atoms with van der Waals surface area (Å²) in [7, 11) is 0. The van der Waals surface area contributed by atoms with Gasteiger partial charge in [0.1, 0.15) is 36.9 Å². The Hall–Kier alpha value is -3.42. The Bertz CT molecular complexity index is 1250. The van der Waals surface area contributed by atoms with Gasteiger partial charge in [0.2, 0.25) is 17.7 Å². The summed E-state index contributed by atoms with van der Waals surface area (Å²) in [4.78, 5) is 64.9. The molecule has 12 atom stereocenters. The second kappa shape index (κ2) is 22.1. The van der Waals surface area contributed by atoms with E-state index in [0.29, 0.717) is 51.7 Å². The molecule has 2 fully saturated rings. The van der Waals surface area contributed by atoms with Crippen LogP contribution in [0.1, 0.15) is 57.8 Å². The van der Waals surface area contributed by atoms with Crippen LogP contribution in [0.4, 0.5) is 4.79 Å². The molecule has 0 aromatic heterocycles. The van der Waals surface area contributed by atoms with Gasteiger partial charge in [0.25, 0.3) is 5.91 Å². The SMILES string of the molecule is NCCCC(N)CC(=O)NCCCC(N)CC(=O)NCCCC(N)CC(=O)N[C@@H]1[C@H](O)[C@@H](OC(N)=O)[C@@H](CO)O[C@H]1N[C@@H]1N[C@H]2[C@H](O)C=NC(=O)[C@@H]2N1. The van der Waals surface area contributed by atoms with Crippen LogP contribution in [0.3, 0.4) is 0 Å². The van der Waals surface area contributed by atoms with Gasteiger partial charge in [-0.3, -0.25) is 35.1 Å². The molecule has 53 heavy (non-hydrogen) atoms. The number of hydrogen-bond donors (Lipinski definition) is 14. The Kier molecular flexibility index (Phi) is 18.3. The summed E-state index contributed by atoms with van der Waals surface area (Å²) < 4.78 is 10.9. The number of rotatable bonds is 22. The molecule has 0 bridgehead atoms. The van der Waals surface area contributed by atoms with Crippen LogP contribution in [0.5, 0.6) is 0 Å². The molecule has 2 saturated heterocycles. The number of fused-ring (bicyclic) bond motifs is 1. The fraction of sp³-hybridized carbons (Fsp3) is 0.806. The molecule has 3 aliphatic rings. The molecule has 3 aliphatic heterocycles. The van der Waals surface area contributed by atoms with Crippen molar-refractivity contribution in [1.29, 1.82) is 0 Å². The van der Waals surface area contributed by atoms with Gasteiger partial charge in [-0.15, -0.1) is 0 Å². The van der Waals surface area contributed by atoms with Gasteiger partial charge < -0.3 is 69.4 Å². The smallest absolute Gasteiger partial charge is 0.404 e. The van der Waals surface area contributed by atoms with Crippen LogP contribution >= 0.6 is 0 Å². The number of nitrogens with zero attached hydrogens (tertiary/aromatic N) is 1. The number of aliphatic imine (C=N–C) groups is 1. The Morgan fingerprint density at radius 3 is 2.00 bits per heavy atom. The summed E-state index contributed by atoms with van der Waals surface area (Å²) in [6.07, 6.45) is -4.06. The molecule has 22 nitrogen and oxygen atoms in total. The van der Waals surface area contributed by atoms with E-state index in [2.05, 4.69) is 36.9 Å². The maximum absolute atomic E-state index is 13.1. The molecule has 3 unspecified atom stereocenters. The zero-order valence-electron chi connectivity index (χ0n) is 29.7. The van der Waals surface area contributed by atoms with Gasteiger partial charge >= 0.3 is 6.09 Å². The van der Waals surface area contributed by atoms with Crippen LogP contribution in [0.2, 0.25) is 0 Å². The predicted octanol–water partition coefficient (Wildman–Crippen LogP) is -6.53. The molecule has 0 saturated carbocycles.